The molecule has 1 aliphatic carbocycles. The zero-order chi connectivity index (χ0) is 19.3. The van der Waals surface area contributed by atoms with E-state index in [1.165, 1.54) is 46.2 Å². The Balaban J connectivity index is 1.48. The van der Waals surface area contributed by atoms with Crippen LogP contribution in [0.1, 0.15) is 43.2 Å². The molecular weight excluding hydrogens is 364 g/mol. The Morgan fingerprint density at radius 3 is 2.64 bits per heavy atom. The zero-order valence-electron chi connectivity index (χ0n) is 16.5. The van der Waals surface area contributed by atoms with Gasteiger partial charge >= 0.3 is 0 Å². The Labute approximate surface area is 171 Å². The van der Waals surface area contributed by atoms with Gasteiger partial charge in [-0.1, -0.05) is 61.7 Å². The molecule has 28 heavy (non-hydrogen) atoms. The number of aromatic nitrogens is 1. The Morgan fingerprint density at radius 2 is 1.82 bits per heavy atom. The minimum absolute atomic E-state index is 0.160. The predicted octanol–water partition coefficient (Wildman–Crippen LogP) is 5.54. The number of nitrogens with zero attached hydrogens (tertiary/aromatic N) is 1. The molecule has 0 aliphatic heterocycles. The molecule has 1 amide bonds. The Bertz CT molecular complexity index is 956. The van der Waals surface area contributed by atoms with Gasteiger partial charge in [-0.25, -0.2) is 0 Å². The van der Waals surface area contributed by atoms with Gasteiger partial charge < -0.3 is 9.88 Å². The lowest BCUT2D eigenvalue weighted by Crippen LogP contribution is -2.37. The molecule has 0 unspecified atom stereocenters. The fourth-order valence-electron chi connectivity index (χ4n) is 4.09. The van der Waals surface area contributed by atoms with Crippen molar-refractivity contribution in [3.8, 4) is 0 Å². The Morgan fingerprint density at radius 1 is 1.07 bits per heavy atom. The number of thioether (sulfide) groups is 1. The summed E-state index contributed by atoms with van der Waals surface area (Å²) < 4.78 is 2.30. The lowest BCUT2D eigenvalue weighted by molar-refractivity contribution is -0.119. The first-order valence-electron chi connectivity index (χ1n) is 10.3. The highest BCUT2D eigenvalue weighted by Gasteiger charge is 2.17. The first-order valence-corrected chi connectivity index (χ1v) is 11.2. The number of fused-ring (bicyclic) bond motifs is 1. The number of aryl methyl sites for hydroxylation is 1. The third-order valence-electron chi connectivity index (χ3n) is 5.68. The van der Waals surface area contributed by atoms with Crippen LogP contribution in [0.25, 0.3) is 10.9 Å². The molecule has 0 radical (unpaired) electrons. The standard InChI is InChI=1S/C24H28N2OS/c1-18-9-5-6-10-19(18)15-26-16-23(21-13-7-8-14-22(21)26)28-17-24(27)25-20-11-3-2-4-12-20/h5-10,13-14,16,20H,2-4,11-12,15,17H2,1H3,(H,25,27). The van der Waals surface area contributed by atoms with Crippen LogP contribution in [0.5, 0.6) is 0 Å². The number of rotatable bonds is 6. The summed E-state index contributed by atoms with van der Waals surface area (Å²) in [6.07, 6.45) is 8.25. The van der Waals surface area contributed by atoms with Crippen LogP contribution in [0.2, 0.25) is 0 Å². The van der Waals surface area contributed by atoms with Crippen LogP contribution in [0.4, 0.5) is 0 Å². The van der Waals surface area contributed by atoms with Crippen LogP contribution in [-0.2, 0) is 11.3 Å². The first kappa shape index (κ1) is 19.1. The van der Waals surface area contributed by atoms with E-state index in [9.17, 15) is 4.79 Å². The molecule has 3 nitrogen and oxygen atoms in total. The van der Waals surface area contributed by atoms with Gasteiger partial charge in [-0.2, -0.15) is 0 Å². The molecule has 0 saturated heterocycles. The molecule has 0 spiro atoms. The van der Waals surface area contributed by atoms with Crippen LogP contribution in [0.3, 0.4) is 0 Å². The molecule has 146 valence electrons. The number of nitrogens with one attached hydrogen (secondary N) is 1. The van der Waals surface area contributed by atoms with E-state index >= 15 is 0 Å². The van der Waals surface area contributed by atoms with E-state index in [1.54, 1.807) is 11.8 Å². The van der Waals surface area contributed by atoms with E-state index in [1.807, 2.05) is 0 Å². The van der Waals surface area contributed by atoms with Gasteiger partial charge in [0.2, 0.25) is 5.91 Å². The SMILES string of the molecule is Cc1ccccc1Cn1cc(SCC(=O)NC2CCCCC2)c2ccccc21. The summed E-state index contributed by atoms with van der Waals surface area (Å²) in [4.78, 5) is 13.6. The van der Waals surface area contributed by atoms with E-state index in [0.717, 1.165) is 19.4 Å². The number of para-hydroxylation sites is 1. The number of hydrogen-bond acceptors (Lipinski definition) is 2. The third-order valence-corrected chi connectivity index (χ3v) is 6.73. The minimum Gasteiger partial charge on any atom is -0.353 e. The zero-order valence-corrected chi connectivity index (χ0v) is 17.3. The molecular formula is C24H28N2OS. The summed E-state index contributed by atoms with van der Waals surface area (Å²) in [7, 11) is 0. The first-order chi connectivity index (χ1) is 13.7. The second-order valence-corrected chi connectivity index (χ2v) is 8.77. The largest absolute Gasteiger partial charge is 0.353 e. The molecule has 4 heteroatoms. The Kier molecular flexibility index (Phi) is 6.06. The molecule has 2 aromatic carbocycles. The highest BCUT2D eigenvalue weighted by atomic mass is 32.2. The summed E-state index contributed by atoms with van der Waals surface area (Å²) >= 11 is 1.65. The second-order valence-electron chi connectivity index (χ2n) is 7.76. The van der Waals surface area contributed by atoms with Crippen molar-refractivity contribution in [2.75, 3.05) is 5.75 Å². The van der Waals surface area contributed by atoms with Crippen molar-refractivity contribution in [3.63, 3.8) is 0 Å². The predicted molar refractivity (Wildman–Crippen MR) is 118 cm³/mol. The lowest BCUT2D eigenvalue weighted by atomic mass is 9.95. The lowest BCUT2D eigenvalue weighted by Gasteiger charge is -2.22. The van der Waals surface area contributed by atoms with E-state index in [0.29, 0.717) is 11.8 Å². The smallest absolute Gasteiger partial charge is 0.230 e. The van der Waals surface area contributed by atoms with Crippen molar-refractivity contribution in [1.82, 2.24) is 9.88 Å². The van der Waals surface area contributed by atoms with Crippen LogP contribution in [0, 0.1) is 6.92 Å². The fourth-order valence-corrected chi connectivity index (χ4v) is 4.99. The molecule has 0 atom stereocenters. The molecule has 1 aliphatic rings. The van der Waals surface area contributed by atoms with Crippen molar-refractivity contribution >= 4 is 28.6 Å². The van der Waals surface area contributed by atoms with E-state index < -0.39 is 0 Å². The molecule has 4 rings (SSSR count). The van der Waals surface area contributed by atoms with Crippen LogP contribution in [0.15, 0.2) is 59.6 Å². The van der Waals surface area contributed by atoms with Gasteiger partial charge in [-0.3, -0.25) is 4.79 Å². The number of benzene rings is 2. The average Bonchev–Trinajstić information content (AvgIpc) is 3.07. The fraction of sp³-hybridized carbons (Fsp3) is 0.375. The number of carbonyl (C=O) groups excluding carboxylic acids is 1. The van der Waals surface area contributed by atoms with Crippen LogP contribution >= 0.6 is 11.8 Å². The second kappa shape index (κ2) is 8.87. The number of carbonyl (C=O) groups is 1. The molecule has 1 aromatic heterocycles. The normalized spacial score (nSPS) is 15.0. The van der Waals surface area contributed by atoms with E-state index in [2.05, 4.69) is 71.5 Å². The maximum absolute atomic E-state index is 12.4. The van der Waals surface area contributed by atoms with Gasteiger partial charge in [0.1, 0.15) is 0 Å². The maximum Gasteiger partial charge on any atom is 0.230 e. The summed E-state index contributed by atoms with van der Waals surface area (Å²) in [5.41, 5.74) is 3.86. The van der Waals surface area contributed by atoms with Crippen molar-refractivity contribution in [1.29, 1.82) is 0 Å². The number of hydrogen-bond donors (Lipinski definition) is 1. The van der Waals surface area contributed by atoms with Gasteiger partial charge in [0.25, 0.3) is 0 Å². The van der Waals surface area contributed by atoms with Crippen LogP contribution < -0.4 is 5.32 Å². The van der Waals surface area contributed by atoms with Gasteiger partial charge in [-0.15, -0.1) is 11.8 Å². The molecule has 1 N–H and O–H groups in total. The third kappa shape index (κ3) is 4.44. The molecule has 1 fully saturated rings. The summed E-state index contributed by atoms with van der Waals surface area (Å²) in [5, 5.41) is 4.45. The average molecular weight is 393 g/mol. The molecule has 1 saturated carbocycles. The van der Waals surface area contributed by atoms with Crippen molar-refractivity contribution < 1.29 is 4.79 Å². The summed E-state index contributed by atoms with van der Waals surface area (Å²) in [5.74, 6) is 0.641. The van der Waals surface area contributed by atoms with Gasteiger partial charge in [0.15, 0.2) is 0 Å². The van der Waals surface area contributed by atoms with E-state index in [-0.39, 0.29) is 5.91 Å². The maximum atomic E-state index is 12.4. The molecule has 0 bridgehead atoms. The molecule has 3 aromatic rings. The minimum atomic E-state index is 0.160. The highest BCUT2D eigenvalue weighted by molar-refractivity contribution is 8.00. The van der Waals surface area contributed by atoms with Gasteiger partial charge in [-0.05, 0) is 37.0 Å². The quantitative estimate of drug-likeness (QED) is 0.559. The monoisotopic (exact) mass is 392 g/mol. The Hall–Kier alpha value is -2.20. The van der Waals surface area contributed by atoms with Crippen molar-refractivity contribution in [3.05, 3.63) is 65.9 Å². The van der Waals surface area contributed by atoms with Crippen LogP contribution in [-0.4, -0.2) is 22.3 Å². The highest BCUT2D eigenvalue weighted by Crippen LogP contribution is 2.31. The topological polar surface area (TPSA) is 34.0 Å². The van der Waals surface area contributed by atoms with E-state index in [4.69, 9.17) is 0 Å². The summed E-state index contributed by atoms with van der Waals surface area (Å²) in [6.45, 7) is 3.01. The van der Waals surface area contributed by atoms with Gasteiger partial charge in [0.05, 0.1) is 5.75 Å². The molecule has 1 heterocycles. The van der Waals surface area contributed by atoms with Gasteiger partial charge in [0, 0.05) is 34.6 Å². The number of amides is 1. The summed E-state index contributed by atoms with van der Waals surface area (Å²) in [6, 6.07) is 17.4. The van der Waals surface area contributed by atoms with Crippen molar-refractivity contribution in [2.24, 2.45) is 0 Å². The van der Waals surface area contributed by atoms with Crippen molar-refractivity contribution in [2.45, 2.75) is 56.5 Å².